The Morgan fingerprint density at radius 3 is 2.83 bits per heavy atom. The molecule has 0 radical (unpaired) electrons. The number of anilines is 1. The summed E-state index contributed by atoms with van der Waals surface area (Å²) < 4.78 is 26.5. The molecule has 7 nitrogen and oxygen atoms in total. The average molecular weight is 273 g/mol. The summed E-state index contributed by atoms with van der Waals surface area (Å²) >= 11 is 0. The van der Waals surface area contributed by atoms with Gasteiger partial charge in [0.15, 0.2) is 0 Å². The van der Waals surface area contributed by atoms with Crippen molar-refractivity contribution >= 4 is 15.9 Å². The van der Waals surface area contributed by atoms with Gasteiger partial charge in [-0.25, -0.2) is 5.14 Å². The van der Waals surface area contributed by atoms with Crippen LogP contribution in [0.5, 0.6) is 0 Å². The van der Waals surface area contributed by atoms with Crippen LogP contribution in [0.2, 0.25) is 0 Å². The lowest BCUT2D eigenvalue weighted by Gasteiger charge is -2.37. The standard InChI is InChI=1S/C10H19N5O2S/c1-8-5-12-4-3-10(8)15(18(11,16)17)9-6-13-14(2)7-9/h6-8,10,12H,3-5H2,1-2H3,(H2,11,16,17). The van der Waals surface area contributed by atoms with E-state index in [0.717, 1.165) is 19.5 Å². The minimum atomic E-state index is -3.78. The van der Waals surface area contributed by atoms with Gasteiger partial charge in [-0.15, -0.1) is 0 Å². The monoisotopic (exact) mass is 273 g/mol. The maximum Gasteiger partial charge on any atom is 0.299 e. The van der Waals surface area contributed by atoms with Gasteiger partial charge in [0.1, 0.15) is 0 Å². The smallest absolute Gasteiger partial charge is 0.299 e. The molecule has 0 aromatic carbocycles. The molecule has 1 aliphatic rings. The lowest BCUT2D eigenvalue weighted by molar-refractivity contribution is 0.350. The van der Waals surface area contributed by atoms with Gasteiger partial charge in [-0.1, -0.05) is 6.92 Å². The Kier molecular flexibility index (Phi) is 3.60. The topological polar surface area (TPSA) is 93.2 Å². The Labute approximate surface area is 107 Å². The summed E-state index contributed by atoms with van der Waals surface area (Å²) in [6.45, 7) is 3.60. The van der Waals surface area contributed by atoms with E-state index in [2.05, 4.69) is 10.4 Å². The van der Waals surface area contributed by atoms with Gasteiger partial charge in [-0.05, 0) is 25.4 Å². The largest absolute Gasteiger partial charge is 0.316 e. The maximum atomic E-state index is 11.8. The first-order chi connectivity index (χ1) is 8.39. The first-order valence-electron chi connectivity index (χ1n) is 5.91. The third-order valence-electron chi connectivity index (χ3n) is 3.26. The molecule has 2 atom stereocenters. The Balaban J connectivity index is 2.37. The van der Waals surface area contributed by atoms with Crippen LogP contribution in [0.4, 0.5) is 5.69 Å². The number of aryl methyl sites for hydroxylation is 1. The number of nitrogens with one attached hydrogen (secondary N) is 1. The van der Waals surface area contributed by atoms with E-state index in [4.69, 9.17) is 5.14 Å². The van der Waals surface area contributed by atoms with Gasteiger partial charge < -0.3 is 5.32 Å². The third kappa shape index (κ3) is 2.65. The van der Waals surface area contributed by atoms with Gasteiger partial charge in [0.25, 0.3) is 10.2 Å². The molecule has 1 aliphatic heterocycles. The average Bonchev–Trinajstić information content (AvgIpc) is 2.66. The number of nitrogens with zero attached hydrogens (tertiary/aromatic N) is 3. The number of hydrogen-bond acceptors (Lipinski definition) is 4. The SMILES string of the molecule is CC1CNCCC1N(c1cnn(C)c1)S(N)(=O)=O. The molecule has 3 N–H and O–H groups in total. The van der Waals surface area contributed by atoms with Crippen molar-refractivity contribution in [2.45, 2.75) is 19.4 Å². The highest BCUT2D eigenvalue weighted by atomic mass is 32.2. The zero-order valence-electron chi connectivity index (χ0n) is 10.6. The molecular formula is C10H19N5O2S. The summed E-state index contributed by atoms with van der Waals surface area (Å²) in [4.78, 5) is 0. The van der Waals surface area contributed by atoms with Crippen LogP contribution in [0.3, 0.4) is 0 Å². The summed E-state index contributed by atoms with van der Waals surface area (Å²) in [7, 11) is -2.04. The fourth-order valence-corrected chi connectivity index (χ4v) is 3.48. The van der Waals surface area contributed by atoms with Crippen molar-refractivity contribution in [1.29, 1.82) is 0 Å². The van der Waals surface area contributed by atoms with Crippen LogP contribution in [-0.2, 0) is 17.3 Å². The highest BCUT2D eigenvalue weighted by Gasteiger charge is 2.33. The van der Waals surface area contributed by atoms with E-state index in [9.17, 15) is 8.42 Å². The lowest BCUT2D eigenvalue weighted by Crippen LogP contribution is -2.53. The van der Waals surface area contributed by atoms with Gasteiger partial charge in [0.2, 0.25) is 0 Å². The molecule has 1 saturated heterocycles. The summed E-state index contributed by atoms with van der Waals surface area (Å²) in [5, 5.41) is 12.6. The molecule has 2 rings (SSSR count). The summed E-state index contributed by atoms with van der Waals surface area (Å²) in [6, 6.07) is -0.120. The fourth-order valence-electron chi connectivity index (χ4n) is 2.40. The molecule has 0 amide bonds. The van der Waals surface area contributed by atoms with Crippen LogP contribution in [0.25, 0.3) is 0 Å². The molecule has 8 heteroatoms. The van der Waals surface area contributed by atoms with Crippen LogP contribution in [-0.4, -0.2) is 37.3 Å². The minimum absolute atomic E-state index is 0.120. The number of hydrogen-bond donors (Lipinski definition) is 2. The van der Waals surface area contributed by atoms with Crippen LogP contribution >= 0.6 is 0 Å². The first-order valence-corrected chi connectivity index (χ1v) is 7.41. The Bertz CT molecular complexity index is 512. The normalized spacial score (nSPS) is 25.1. The van der Waals surface area contributed by atoms with Crippen LogP contribution in [0, 0.1) is 5.92 Å². The fraction of sp³-hybridized carbons (Fsp3) is 0.700. The molecule has 0 spiro atoms. The molecule has 1 fully saturated rings. The molecule has 2 unspecified atom stereocenters. The zero-order chi connectivity index (χ0) is 13.3. The second-order valence-electron chi connectivity index (χ2n) is 4.75. The molecule has 1 aromatic heterocycles. The van der Waals surface area contributed by atoms with Gasteiger partial charge in [0, 0.05) is 13.2 Å². The Morgan fingerprint density at radius 2 is 2.33 bits per heavy atom. The maximum absolute atomic E-state index is 11.8. The van der Waals surface area contributed by atoms with E-state index in [1.165, 1.54) is 10.5 Å². The van der Waals surface area contributed by atoms with E-state index in [-0.39, 0.29) is 12.0 Å². The number of aromatic nitrogens is 2. The second kappa shape index (κ2) is 4.87. The quantitative estimate of drug-likeness (QED) is 0.771. The molecule has 2 heterocycles. The van der Waals surface area contributed by atoms with Crippen LogP contribution in [0.15, 0.2) is 12.4 Å². The van der Waals surface area contributed by atoms with E-state index in [1.807, 2.05) is 6.92 Å². The predicted octanol–water partition coefficient (Wildman–Crippen LogP) is -0.572. The minimum Gasteiger partial charge on any atom is -0.316 e. The summed E-state index contributed by atoms with van der Waals surface area (Å²) in [5.41, 5.74) is 0.527. The van der Waals surface area contributed by atoms with Crippen molar-refractivity contribution in [2.24, 2.45) is 18.1 Å². The first kappa shape index (κ1) is 13.3. The molecule has 102 valence electrons. The molecule has 0 saturated carbocycles. The molecule has 18 heavy (non-hydrogen) atoms. The van der Waals surface area contributed by atoms with Crippen molar-refractivity contribution in [2.75, 3.05) is 17.4 Å². The van der Waals surface area contributed by atoms with Crippen LogP contribution < -0.4 is 14.8 Å². The zero-order valence-corrected chi connectivity index (χ0v) is 11.4. The van der Waals surface area contributed by atoms with Gasteiger partial charge >= 0.3 is 0 Å². The predicted molar refractivity (Wildman–Crippen MR) is 69.2 cm³/mol. The van der Waals surface area contributed by atoms with Crippen molar-refractivity contribution < 1.29 is 8.42 Å². The molecule has 0 bridgehead atoms. The third-order valence-corrected chi connectivity index (χ3v) is 4.29. The Morgan fingerprint density at radius 1 is 1.61 bits per heavy atom. The summed E-state index contributed by atoms with van der Waals surface area (Å²) in [6.07, 6.45) is 3.94. The van der Waals surface area contributed by atoms with Crippen molar-refractivity contribution in [3.63, 3.8) is 0 Å². The molecule has 1 aromatic rings. The lowest BCUT2D eigenvalue weighted by atomic mass is 9.95. The van der Waals surface area contributed by atoms with Crippen molar-refractivity contribution in [3.05, 3.63) is 12.4 Å². The number of nitrogens with two attached hydrogens (primary N) is 1. The second-order valence-corrected chi connectivity index (χ2v) is 6.17. The Hall–Kier alpha value is -1.12. The number of piperidine rings is 1. The van der Waals surface area contributed by atoms with Crippen LogP contribution in [0.1, 0.15) is 13.3 Å². The van der Waals surface area contributed by atoms with Gasteiger partial charge in [-0.2, -0.15) is 13.5 Å². The van der Waals surface area contributed by atoms with E-state index in [1.54, 1.807) is 17.9 Å². The van der Waals surface area contributed by atoms with Crippen molar-refractivity contribution in [1.82, 2.24) is 15.1 Å². The van der Waals surface area contributed by atoms with Gasteiger partial charge in [0.05, 0.1) is 17.9 Å². The highest BCUT2D eigenvalue weighted by Crippen LogP contribution is 2.26. The van der Waals surface area contributed by atoms with Gasteiger partial charge in [-0.3, -0.25) is 8.99 Å². The van der Waals surface area contributed by atoms with E-state index < -0.39 is 10.2 Å². The molecular weight excluding hydrogens is 254 g/mol. The molecule has 0 aliphatic carbocycles. The van der Waals surface area contributed by atoms with E-state index >= 15 is 0 Å². The highest BCUT2D eigenvalue weighted by molar-refractivity contribution is 7.90. The van der Waals surface area contributed by atoms with Crippen molar-refractivity contribution in [3.8, 4) is 0 Å². The number of rotatable bonds is 3. The van der Waals surface area contributed by atoms with E-state index in [0.29, 0.717) is 5.69 Å². The summed E-state index contributed by atoms with van der Waals surface area (Å²) in [5.74, 6) is 0.206.